The molecule has 7 aliphatic rings. The summed E-state index contributed by atoms with van der Waals surface area (Å²) >= 11 is 0. The molecule has 266 valence electrons. The van der Waals surface area contributed by atoms with Gasteiger partial charge in [0.2, 0.25) is 0 Å². The number of hydrogen-bond donors (Lipinski definition) is 4. The Morgan fingerprint density at radius 3 is 2.26 bits per heavy atom. The van der Waals surface area contributed by atoms with Crippen molar-refractivity contribution in [2.45, 2.75) is 165 Å². The average molecular weight is 665 g/mol. The zero-order valence-electron chi connectivity index (χ0n) is 28.6. The van der Waals surface area contributed by atoms with E-state index >= 15 is 0 Å². The average Bonchev–Trinajstić information content (AvgIpc) is 3.56. The van der Waals surface area contributed by atoms with Crippen LogP contribution in [0.2, 0.25) is 0 Å². The third-order valence-corrected chi connectivity index (χ3v) is 14.3. The summed E-state index contributed by atoms with van der Waals surface area (Å²) in [4.78, 5) is 11.9. The number of ether oxygens (including phenoxy) is 6. The Morgan fingerprint density at radius 1 is 0.851 bits per heavy atom. The number of fused-ring (bicyclic) bond motifs is 5. The van der Waals surface area contributed by atoms with Crippen LogP contribution in [-0.2, 0) is 33.2 Å². The van der Waals surface area contributed by atoms with Crippen LogP contribution in [0.1, 0.15) is 98.3 Å². The lowest BCUT2D eigenvalue weighted by Gasteiger charge is -2.66. The highest BCUT2D eigenvalue weighted by Crippen LogP contribution is 2.70. The van der Waals surface area contributed by atoms with Crippen LogP contribution >= 0.6 is 0 Å². The number of aliphatic hydroxyl groups is 4. The number of aliphatic hydroxyl groups excluding tert-OH is 2. The summed E-state index contributed by atoms with van der Waals surface area (Å²) in [5, 5.41) is 45.2. The molecular formula is C36H56O11. The minimum Gasteiger partial charge on any atom is -0.458 e. The standard InChI is InChI=1S/C36H56O11/c1-19-31(39)26(37)15-29(44-19)47-32-20(2)45-30(16-27(32)42-5)46-22-6-10-33(3)24-7-11-34(4)23(21-14-28(38)43-18-21)9-13-36(34,41)25(24)8-12-35(33,40)17-22/h14,19-20,22-27,29-32,37,39-41H,6-13,15-18H2,1-5H3/t19-,20-,22+,23-,24+,25-,26+,27+,29+,30+,31-,32-,33-,34-,35?,36+/m1/s1. The molecule has 0 aromatic rings. The smallest absolute Gasteiger partial charge is 0.331 e. The summed E-state index contributed by atoms with van der Waals surface area (Å²) in [5.41, 5.74) is -1.34. The molecular weight excluding hydrogens is 608 g/mol. The molecule has 4 aliphatic carbocycles. The van der Waals surface area contributed by atoms with E-state index in [2.05, 4.69) is 13.8 Å². The van der Waals surface area contributed by atoms with Gasteiger partial charge >= 0.3 is 5.97 Å². The molecule has 2 saturated heterocycles. The van der Waals surface area contributed by atoms with Crippen molar-refractivity contribution in [3.63, 3.8) is 0 Å². The van der Waals surface area contributed by atoms with Crippen molar-refractivity contribution in [2.75, 3.05) is 13.7 Å². The minimum atomic E-state index is -0.950. The van der Waals surface area contributed by atoms with Gasteiger partial charge in [0, 0.05) is 37.9 Å². The maximum atomic E-state index is 12.5. The van der Waals surface area contributed by atoms with Gasteiger partial charge in [0.05, 0.1) is 41.7 Å². The third kappa shape index (κ3) is 5.46. The fraction of sp³-hybridized carbons (Fsp3) is 0.917. The van der Waals surface area contributed by atoms with Gasteiger partial charge < -0.3 is 48.8 Å². The summed E-state index contributed by atoms with van der Waals surface area (Å²) in [6.07, 6.45) is 4.27. The molecule has 4 N–H and O–H groups in total. The number of methoxy groups -OCH3 is 1. The van der Waals surface area contributed by atoms with Crippen molar-refractivity contribution in [3.8, 4) is 0 Å². The topological polar surface area (TPSA) is 153 Å². The van der Waals surface area contributed by atoms with E-state index in [4.69, 9.17) is 28.4 Å². The van der Waals surface area contributed by atoms with Crippen molar-refractivity contribution >= 4 is 5.97 Å². The normalized spacial score (nSPS) is 54.7. The summed E-state index contributed by atoms with van der Waals surface area (Å²) < 4.78 is 36.0. The minimum absolute atomic E-state index is 0.107. The van der Waals surface area contributed by atoms with Gasteiger partial charge in [-0.05, 0) is 94.0 Å². The number of cyclic esters (lactones) is 1. The summed E-state index contributed by atoms with van der Waals surface area (Å²) in [5.74, 6) is 0.192. The Kier molecular flexibility index (Phi) is 8.95. The number of carbonyl (C=O) groups excluding carboxylic acids is 1. The predicted octanol–water partition coefficient (Wildman–Crippen LogP) is 3.14. The van der Waals surface area contributed by atoms with Gasteiger partial charge in [-0.15, -0.1) is 0 Å². The van der Waals surface area contributed by atoms with Crippen LogP contribution in [0.5, 0.6) is 0 Å². The summed E-state index contributed by atoms with van der Waals surface area (Å²) in [6, 6.07) is 0. The van der Waals surface area contributed by atoms with Gasteiger partial charge in [-0.2, -0.15) is 0 Å². The SMILES string of the molecule is CO[C@H]1C[C@H](O[C@H]2CC[C@]3(C)[C@H]4CC[C@]5(C)[C@@H](C6=CC(=O)OC6)CC[C@]5(O)[C@@H]4CCC3(O)C2)O[C@H](C)[C@H]1O[C@H]1C[C@H](O)[C@H](O)[C@@H](C)O1. The second-order valence-electron chi connectivity index (χ2n) is 16.4. The molecule has 6 fully saturated rings. The first kappa shape index (κ1) is 34.3. The molecule has 0 spiro atoms. The second kappa shape index (κ2) is 12.3. The van der Waals surface area contributed by atoms with Gasteiger partial charge in [-0.25, -0.2) is 4.79 Å². The zero-order valence-corrected chi connectivity index (χ0v) is 28.6. The first-order valence-corrected chi connectivity index (χ1v) is 18.0. The molecule has 16 atom stereocenters. The fourth-order valence-electron chi connectivity index (χ4n) is 11.5. The lowest BCUT2D eigenvalue weighted by atomic mass is 9.42. The van der Waals surface area contributed by atoms with E-state index < -0.39 is 48.2 Å². The summed E-state index contributed by atoms with van der Waals surface area (Å²) in [7, 11) is 1.64. The van der Waals surface area contributed by atoms with Crippen LogP contribution in [-0.4, -0.2) is 107 Å². The lowest BCUT2D eigenvalue weighted by Crippen LogP contribution is -2.67. The molecule has 7 rings (SSSR count). The molecule has 0 amide bonds. The highest BCUT2D eigenvalue weighted by molar-refractivity contribution is 5.85. The van der Waals surface area contributed by atoms with Gasteiger partial charge in [0.15, 0.2) is 12.6 Å². The molecule has 0 aromatic heterocycles. The van der Waals surface area contributed by atoms with Crippen molar-refractivity contribution in [3.05, 3.63) is 11.6 Å². The van der Waals surface area contributed by atoms with E-state index in [1.165, 1.54) is 0 Å². The van der Waals surface area contributed by atoms with Crippen LogP contribution in [0, 0.1) is 28.6 Å². The molecule has 1 unspecified atom stereocenters. The first-order valence-electron chi connectivity index (χ1n) is 18.0. The number of hydrogen-bond acceptors (Lipinski definition) is 11. The quantitative estimate of drug-likeness (QED) is 0.245. The zero-order chi connectivity index (χ0) is 33.5. The van der Waals surface area contributed by atoms with E-state index in [1.54, 1.807) is 20.1 Å². The van der Waals surface area contributed by atoms with Gasteiger partial charge in [-0.1, -0.05) is 13.8 Å². The lowest BCUT2D eigenvalue weighted by molar-refractivity contribution is -0.324. The molecule has 3 heterocycles. The van der Waals surface area contributed by atoms with Gasteiger partial charge in [0.25, 0.3) is 0 Å². The monoisotopic (exact) mass is 664 g/mol. The molecule has 4 saturated carbocycles. The van der Waals surface area contributed by atoms with E-state index in [-0.39, 0.29) is 59.3 Å². The van der Waals surface area contributed by atoms with E-state index in [9.17, 15) is 25.2 Å². The largest absolute Gasteiger partial charge is 0.458 e. The van der Waals surface area contributed by atoms with Crippen LogP contribution < -0.4 is 0 Å². The summed E-state index contributed by atoms with van der Waals surface area (Å²) in [6.45, 7) is 8.44. The van der Waals surface area contributed by atoms with Crippen LogP contribution in [0.15, 0.2) is 11.6 Å². The van der Waals surface area contributed by atoms with Crippen LogP contribution in [0.3, 0.4) is 0 Å². The Morgan fingerprint density at radius 2 is 1.55 bits per heavy atom. The Labute approximate surface area is 278 Å². The van der Waals surface area contributed by atoms with Crippen LogP contribution in [0.25, 0.3) is 0 Å². The van der Waals surface area contributed by atoms with Gasteiger partial charge in [-0.3, -0.25) is 0 Å². The van der Waals surface area contributed by atoms with E-state index in [0.29, 0.717) is 25.9 Å². The fourth-order valence-corrected chi connectivity index (χ4v) is 11.5. The Hall–Kier alpha value is -1.15. The molecule has 47 heavy (non-hydrogen) atoms. The van der Waals surface area contributed by atoms with Crippen molar-refractivity contribution in [1.29, 1.82) is 0 Å². The number of carbonyl (C=O) groups is 1. The molecule has 3 aliphatic heterocycles. The van der Waals surface area contributed by atoms with Gasteiger partial charge in [0.1, 0.15) is 18.8 Å². The third-order valence-electron chi connectivity index (χ3n) is 14.3. The first-order chi connectivity index (χ1) is 22.2. The highest BCUT2D eigenvalue weighted by atomic mass is 16.7. The van der Waals surface area contributed by atoms with E-state index in [1.807, 2.05) is 6.92 Å². The molecule has 0 bridgehead atoms. The molecule has 0 radical (unpaired) electrons. The van der Waals surface area contributed by atoms with Crippen molar-refractivity contribution in [2.24, 2.45) is 28.6 Å². The van der Waals surface area contributed by atoms with Crippen molar-refractivity contribution in [1.82, 2.24) is 0 Å². The van der Waals surface area contributed by atoms with Crippen LogP contribution in [0.4, 0.5) is 0 Å². The molecule has 11 nitrogen and oxygen atoms in total. The highest BCUT2D eigenvalue weighted by Gasteiger charge is 2.70. The number of rotatable bonds is 6. The molecule has 0 aromatic carbocycles. The molecule has 11 heteroatoms. The van der Waals surface area contributed by atoms with E-state index in [0.717, 1.165) is 50.5 Å². The Bertz CT molecular complexity index is 1220. The van der Waals surface area contributed by atoms with Crippen molar-refractivity contribution < 1.29 is 53.6 Å². The maximum Gasteiger partial charge on any atom is 0.331 e. The second-order valence-corrected chi connectivity index (χ2v) is 16.4. The maximum absolute atomic E-state index is 12.5. The number of esters is 1. The predicted molar refractivity (Wildman–Crippen MR) is 168 cm³/mol. The Balaban J connectivity index is 0.993.